The van der Waals surface area contributed by atoms with Crippen molar-refractivity contribution in [3.05, 3.63) is 22.2 Å². The summed E-state index contributed by atoms with van der Waals surface area (Å²) >= 11 is 0. The first-order chi connectivity index (χ1) is 10.1. The Morgan fingerprint density at radius 3 is 2.95 bits per heavy atom. The average Bonchev–Trinajstić information content (AvgIpc) is 2.45. The lowest BCUT2D eigenvalue weighted by molar-refractivity contribution is -0.384. The number of nitro groups is 1. The Kier molecular flexibility index (Phi) is 3.67. The third kappa shape index (κ3) is 2.78. The van der Waals surface area contributed by atoms with Gasteiger partial charge in [-0.2, -0.15) is 4.98 Å². The molecule has 2 N–H and O–H groups in total. The number of methoxy groups -OCH3 is 1. The average molecular weight is 292 g/mol. The van der Waals surface area contributed by atoms with Crippen LogP contribution in [-0.2, 0) is 0 Å². The van der Waals surface area contributed by atoms with Crippen LogP contribution in [0.1, 0.15) is 32.1 Å². The standard InChI is InChI=1S/C14H20N4O3/c1-21-12-4-3-11(18(19)20)13(17-12)16-10-5-8-15-14(9-10)6-2-7-14/h3-4,10,15H,2,5-9H2,1H3,(H,16,17). The quantitative estimate of drug-likeness (QED) is 0.652. The van der Waals surface area contributed by atoms with Crippen molar-refractivity contribution in [2.24, 2.45) is 0 Å². The molecule has 1 saturated carbocycles. The molecule has 0 aromatic carbocycles. The van der Waals surface area contributed by atoms with Crippen LogP contribution in [-0.4, -0.2) is 35.1 Å². The highest BCUT2D eigenvalue weighted by molar-refractivity contribution is 5.57. The van der Waals surface area contributed by atoms with E-state index in [1.54, 1.807) is 0 Å². The van der Waals surface area contributed by atoms with Gasteiger partial charge in [-0.15, -0.1) is 0 Å². The summed E-state index contributed by atoms with van der Waals surface area (Å²) < 4.78 is 5.07. The lowest BCUT2D eigenvalue weighted by Crippen LogP contribution is -2.58. The minimum absolute atomic E-state index is 0.00279. The molecule has 2 fully saturated rings. The van der Waals surface area contributed by atoms with E-state index < -0.39 is 4.92 Å². The summed E-state index contributed by atoms with van der Waals surface area (Å²) in [5, 5.41) is 18.0. The molecule has 1 spiro atoms. The maximum Gasteiger partial charge on any atom is 0.311 e. The number of hydrogen-bond donors (Lipinski definition) is 2. The summed E-state index contributed by atoms with van der Waals surface area (Å²) in [6.45, 7) is 0.940. The van der Waals surface area contributed by atoms with E-state index in [1.807, 2.05) is 0 Å². The van der Waals surface area contributed by atoms with Crippen molar-refractivity contribution < 1.29 is 9.66 Å². The van der Waals surface area contributed by atoms with Crippen LogP contribution < -0.4 is 15.4 Å². The number of rotatable bonds is 4. The largest absolute Gasteiger partial charge is 0.481 e. The number of anilines is 1. The third-order valence-electron chi connectivity index (χ3n) is 4.54. The molecule has 0 bridgehead atoms. The van der Waals surface area contributed by atoms with Gasteiger partial charge in [-0.3, -0.25) is 10.1 Å². The van der Waals surface area contributed by atoms with Crippen molar-refractivity contribution in [2.45, 2.75) is 43.7 Å². The molecule has 0 radical (unpaired) electrons. The number of nitrogens with one attached hydrogen (secondary N) is 2. The lowest BCUT2D eigenvalue weighted by Gasteiger charge is -2.48. The Balaban J connectivity index is 1.78. The van der Waals surface area contributed by atoms with Crippen molar-refractivity contribution in [3.8, 4) is 5.88 Å². The molecule has 2 aliphatic rings. The molecule has 2 heterocycles. The fourth-order valence-corrected chi connectivity index (χ4v) is 3.26. The van der Waals surface area contributed by atoms with Gasteiger partial charge in [0.25, 0.3) is 0 Å². The van der Waals surface area contributed by atoms with Gasteiger partial charge in [0.15, 0.2) is 0 Å². The molecule has 21 heavy (non-hydrogen) atoms. The second kappa shape index (κ2) is 5.48. The van der Waals surface area contributed by atoms with E-state index in [0.717, 1.165) is 19.4 Å². The first-order valence-electron chi connectivity index (χ1n) is 7.33. The van der Waals surface area contributed by atoms with Crippen LogP contribution in [0.25, 0.3) is 0 Å². The first kappa shape index (κ1) is 14.1. The SMILES string of the molecule is COc1ccc([N+](=O)[O-])c(NC2CCNC3(CCC3)C2)n1. The van der Waals surface area contributed by atoms with Crippen molar-refractivity contribution in [2.75, 3.05) is 19.0 Å². The molecule has 1 saturated heterocycles. The van der Waals surface area contributed by atoms with Gasteiger partial charge < -0.3 is 15.4 Å². The molecular weight excluding hydrogens is 272 g/mol. The Hall–Kier alpha value is -1.89. The van der Waals surface area contributed by atoms with E-state index in [2.05, 4.69) is 15.6 Å². The molecule has 1 atom stereocenters. The third-order valence-corrected chi connectivity index (χ3v) is 4.54. The number of aromatic nitrogens is 1. The maximum atomic E-state index is 11.1. The van der Waals surface area contributed by atoms with Crippen LogP contribution >= 0.6 is 0 Å². The first-order valence-corrected chi connectivity index (χ1v) is 7.33. The molecular formula is C14H20N4O3. The van der Waals surface area contributed by atoms with Crippen LogP contribution in [0.15, 0.2) is 12.1 Å². The number of ether oxygens (including phenoxy) is 1. The molecule has 1 unspecified atom stereocenters. The molecule has 114 valence electrons. The van der Waals surface area contributed by atoms with E-state index in [-0.39, 0.29) is 17.3 Å². The molecule has 3 rings (SSSR count). The molecule has 1 aliphatic carbocycles. The molecule has 0 amide bonds. The molecule has 1 aromatic heterocycles. The molecule has 7 heteroatoms. The zero-order chi connectivity index (χ0) is 14.9. The Labute approximate surface area is 123 Å². The normalized spacial score (nSPS) is 23.4. The van der Waals surface area contributed by atoms with Gasteiger partial charge in [0, 0.05) is 23.7 Å². The minimum atomic E-state index is -0.408. The van der Waals surface area contributed by atoms with Gasteiger partial charge in [0.1, 0.15) is 0 Å². The van der Waals surface area contributed by atoms with Gasteiger partial charge in [-0.05, 0) is 38.6 Å². The molecule has 7 nitrogen and oxygen atoms in total. The van der Waals surface area contributed by atoms with Crippen molar-refractivity contribution in [1.29, 1.82) is 0 Å². The van der Waals surface area contributed by atoms with Gasteiger partial charge >= 0.3 is 5.69 Å². The van der Waals surface area contributed by atoms with Gasteiger partial charge in [-0.1, -0.05) is 0 Å². The number of hydrogen-bond acceptors (Lipinski definition) is 6. The van der Waals surface area contributed by atoms with Crippen LogP contribution in [0.5, 0.6) is 5.88 Å². The number of pyridine rings is 1. The predicted molar refractivity (Wildman–Crippen MR) is 78.7 cm³/mol. The summed E-state index contributed by atoms with van der Waals surface area (Å²) in [7, 11) is 1.51. The van der Waals surface area contributed by atoms with Crippen molar-refractivity contribution in [3.63, 3.8) is 0 Å². The zero-order valence-corrected chi connectivity index (χ0v) is 12.1. The topological polar surface area (TPSA) is 89.3 Å². The number of piperidine rings is 1. The summed E-state index contributed by atoms with van der Waals surface area (Å²) in [6, 6.07) is 3.16. The highest BCUT2D eigenvalue weighted by atomic mass is 16.6. The second-order valence-corrected chi connectivity index (χ2v) is 5.87. The zero-order valence-electron chi connectivity index (χ0n) is 12.1. The predicted octanol–water partition coefficient (Wildman–Crippen LogP) is 2.08. The molecule has 1 aromatic rings. The fraction of sp³-hybridized carbons (Fsp3) is 0.643. The second-order valence-electron chi connectivity index (χ2n) is 5.87. The van der Waals surface area contributed by atoms with Gasteiger partial charge in [-0.25, -0.2) is 0 Å². The lowest BCUT2D eigenvalue weighted by atomic mass is 9.70. The van der Waals surface area contributed by atoms with Crippen molar-refractivity contribution >= 4 is 11.5 Å². The van der Waals surface area contributed by atoms with Gasteiger partial charge in [0.2, 0.25) is 11.7 Å². The highest BCUT2D eigenvalue weighted by Gasteiger charge is 2.41. The van der Waals surface area contributed by atoms with Crippen LogP contribution in [0.4, 0.5) is 11.5 Å². The van der Waals surface area contributed by atoms with E-state index in [9.17, 15) is 10.1 Å². The Bertz CT molecular complexity index is 545. The van der Waals surface area contributed by atoms with Crippen LogP contribution in [0.2, 0.25) is 0 Å². The highest BCUT2D eigenvalue weighted by Crippen LogP contribution is 2.39. The maximum absolute atomic E-state index is 11.1. The van der Waals surface area contributed by atoms with E-state index >= 15 is 0 Å². The summed E-state index contributed by atoms with van der Waals surface area (Å²) in [5.74, 6) is 0.691. The van der Waals surface area contributed by atoms with Crippen LogP contribution in [0.3, 0.4) is 0 Å². The summed E-state index contributed by atoms with van der Waals surface area (Å²) in [4.78, 5) is 14.9. The van der Waals surface area contributed by atoms with E-state index in [4.69, 9.17) is 4.74 Å². The molecule has 1 aliphatic heterocycles. The monoisotopic (exact) mass is 292 g/mol. The summed E-state index contributed by atoms with van der Waals surface area (Å²) in [5.41, 5.74) is 0.237. The summed E-state index contributed by atoms with van der Waals surface area (Å²) in [6.07, 6.45) is 5.58. The Morgan fingerprint density at radius 2 is 2.33 bits per heavy atom. The number of nitrogens with zero attached hydrogens (tertiary/aromatic N) is 2. The van der Waals surface area contributed by atoms with Crippen LogP contribution in [0, 0.1) is 10.1 Å². The minimum Gasteiger partial charge on any atom is -0.481 e. The van der Waals surface area contributed by atoms with E-state index in [0.29, 0.717) is 11.7 Å². The fourth-order valence-electron chi connectivity index (χ4n) is 3.26. The Morgan fingerprint density at radius 1 is 1.52 bits per heavy atom. The van der Waals surface area contributed by atoms with Gasteiger partial charge in [0.05, 0.1) is 12.0 Å². The van der Waals surface area contributed by atoms with E-state index in [1.165, 1.54) is 38.5 Å². The van der Waals surface area contributed by atoms with Crippen molar-refractivity contribution in [1.82, 2.24) is 10.3 Å². The smallest absolute Gasteiger partial charge is 0.311 e.